The number of carbonyl (C=O) groups is 1. The largest absolute Gasteiger partial charge is 0.355 e. The molecule has 0 aliphatic carbocycles. The minimum atomic E-state index is -3.68. The Morgan fingerprint density at radius 1 is 1.33 bits per heavy atom. The molecule has 5 nitrogen and oxygen atoms in total. The highest BCUT2D eigenvalue weighted by Crippen LogP contribution is 2.21. The third-order valence-electron chi connectivity index (χ3n) is 2.71. The minimum Gasteiger partial charge on any atom is -0.355 e. The molecule has 0 bridgehead atoms. The van der Waals surface area contributed by atoms with Gasteiger partial charge in [0.15, 0.2) is 0 Å². The number of benzene rings is 1. The van der Waals surface area contributed by atoms with Crippen LogP contribution in [0.5, 0.6) is 0 Å². The van der Waals surface area contributed by atoms with Crippen molar-refractivity contribution in [2.24, 2.45) is 0 Å². The lowest BCUT2D eigenvalue weighted by Crippen LogP contribution is -2.50. The number of amides is 1. The summed E-state index contributed by atoms with van der Waals surface area (Å²) in [7, 11) is -3.68. The smallest absolute Gasteiger partial charge is 0.242 e. The highest BCUT2D eigenvalue weighted by atomic mass is 79.9. The molecular formula is C11H13BrN2O3S. The average Bonchev–Trinajstić information content (AvgIpc) is 2.32. The fourth-order valence-electron chi connectivity index (χ4n) is 1.80. The molecule has 1 aromatic rings. The van der Waals surface area contributed by atoms with Gasteiger partial charge < -0.3 is 5.32 Å². The second-order valence-electron chi connectivity index (χ2n) is 4.04. The van der Waals surface area contributed by atoms with Crippen molar-refractivity contribution in [2.75, 3.05) is 6.54 Å². The third kappa shape index (κ3) is 2.90. The molecule has 1 saturated heterocycles. The Morgan fingerprint density at radius 2 is 2.06 bits per heavy atom. The van der Waals surface area contributed by atoms with Crippen molar-refractivity contribution in [3.63, 3.8) is 0 Å². The number of carbonyl (C=O) groups excluding carboxylic acids is 1. The van der Waals surface area contributed by atoms with Crippen LogP contribution < -0.4 is 10.0 Å². The lowest BCUT2D eigenvalue weighted by molar-refractivity contribution is -0.124. The van der Waals surface area contributed by atoms with E-state index in [4.69, 9.17) is 0 Å². The molecule has 7 heteroatoms. The van der Waals surface area contributed by atoms with Crippen LogP contribution in [-0.4, -0.2) is 26.9 Å². The number of hydrogen-bond donors (Lipinski definition) is 2. The van der Waals surface area contributed by atoms with Crippen LogP contribution >= 0.6 is 15.9 Å². The van der Waals surface area contributed by atoms with Gasteiger partial charge in [-0.3, -0.25) is 4.79 Å². The maximum absolute atomic E-state index is 12.1. The summed E-state index contributed by atoms with van der Waals surface area (Å²) in [6, 6.07) is 5.83. The Morgan fingerprint density at radius 3 is 2.72 bits per heavy atom. The van der Waals surface area contributed by atoms with E-state index in [1.165, 1.54) is 6.07 Å². The van der Waals surface area contributed by atoms with E-state index in [1.807, 2.05) is 0 Å². The quantitative estimate of drug-likeness (QED) is 0.867. The summed E-state index contributed by atoms with van der Waals surface area (Å²) in [6.07, 6.45) is 1.30. The van der Waals surface area contributed by atoms with Gasteiger partial charge in [0, 0.05) is 11.0 Å². The lowest BCUT2D eigenvalue weighted by Gasteiger charge is -2.22. The van der Waals surface area contributed by atoms with E-state index in [0.717, 1.165) is 6.42 Å². The Balaban J connectivity index is 2.22. The van der Waals surface area contributed by atoms with Crippen LogP contribution in [0, 0.1) is 0 Å². The number of halogens is 1. The van der Waals surface area contributed by atoms with Gasteiger partial charge >= 0.3 is 0 Å². The van der Waals surface area contributed by atoms with E-state index >= 15 is 0 Å². The van der Waals surface area contributed by atoms with Crippen molar-refractivity contribution in [1.29, 1.82) is 0 Å². The Hall–Kier alpha value is -0.920. The van der Waals surface area contributed by atoms with Gasteiger partial charge in [0.05, 0.1) is 4.90 Å². The first-order valence-corrected chi connectivity index (χ1v) is 7.83. The number of sulfonamides is 1. The third-order valence-corrected chi connectivity index (χ3v) is 5.19. The molecule has 1 aliphatic heterocycles. The first kappa shape index (κ1) is 13.5. The molecule has 1 amide bonds. The van der Waals surface area contributed by atoms with Crippen molar-refractivity contribution in [3.8, 4) is 0 Å². The highest BCUT2D eigenvalue weighted by Gasteiger charge is 2.28. The van der Waals surface area contributed by atoms with Gasteiger partial charge in [0.2, 0.25) is 15.9 Å². The maximum atomic E-state index is 12.1. The SMILES string of the molecule is O=C1NCCCC1NS(=O)(=O)c1ccccc1Br. The maximum Gasteiger partial charge on any atom is 0.242 e. The van der Waals surface area contributed by atoms with Crippen LogP contribution in [0.3, 0.4) is 0 Å². The van der Waals surface area contributed by atoms with Crippen molar-refractivity contribution >= 4 is 31.9 Å². The van der Waals surface area contributed by atoms with Gasteiger partial charge in [-0.1, -0.05) is 12.1 Å². The molecular weight excluding hydrogens is 320 g/mol. The molecule has 1 unspecified atom stereocenters. The topological polar surface area (TPSA) is 75.3 Å². The summed E-state index contributed by atoms with van der Waals surface area (Å²) >= 11 is 3.19. The van der Waals surface area contributed by atoms with Gasteiger partial charge in [-0.15, -0.1) is 0 Å². The van der Waals surface area contributed by atoms with E-state index in [2.05, 4.69) is 26.0 Å². The zero-order chi connectivity index (χ0) is 13.2. The van der Waals surface area contributed by atoms with Crippen molar-refractivity contribution in [3.05, 3.63) is 28.7 Å². The first-order chi connectivity index (χ1) is 8.50. The van der Waals surface area contributed by atoms with Crippen LogP contribution in [0.2, 0.25) is 0 Å². The van der Waals surface area contributed by atoms with Gasteiger partial charge in [-0.2, -0.15) is 4.72 Å². The van der Waals surface area contributed by atoms with Crippen LogP contribution in [0.15, 0.2) is 33.6 Å². The predicted octanol–water partition coefficient (Wildman–Crippen LogP) is 1.01. The Kier molecular flexibility index (Phi) is 4.04. The van der Waals surface area contributed by atoms with Gasteiger partial charge in [-0.05, 0) is 40.9 Å². The van der Waals surface area contributed by atoms with E-state index in [1.54, 1.807) is 18.2 Å². The Labute approximate surface area is 114 Å². The zero-order valence-corrected chi connectivity index (χ0v) is 11.9. The summed E-state index contributed by atoms with van der Waals surface area (Å²) in [5.74, 6) is -0.267. The number of rotatable bonds is 3. The van der Waals surface area contributed by atoms with Gasteiger partial charge in [-0.25, -0.2) is 8.42 Å². The van der Waals surface area contributed by atoms with Gasteiger partial charge in [0.1, 0.15) is 6.04 Å². The molecule has 1 aliphatic rings. The molecule has 0 spiro atoms. The highest BCUT2D eigenvalue weighted by molar-refractivity contribution is 9.10. The minimum absolute atomic E-state index is 0.142. The summed E-state index contributed by atoms with van der Waals surface area (Å²) in [5, 5.41) is 2.64. The van der Waals surface area contributed by atoms with E-state index < -0.39 is 16.1 Å². The standard InChI is InChI=1S/C11H13BrN2O3S/c12-8-4-1-2-6-10(8)18(16,17)14-9-5-3-7-13-11(9)15/h1-2,4,6,9,14H,3,5,7H2,(H,13,15). The molecule has 18 heavy (non-hydrogen) atoms. The van der Waals surface area contributed by atoms with E-state index in [9.17, 15) is 13.2 Å². The molecule has 0 saturated carbocycles. The first-order valence-electron chi connectivity index (χ1n) is 5.55. The number of hydrogen-bond acceptors (Lipinski definition) is 3. The lowest BCUT2D eigenvalue weighted by atomic mass is 10.1. The number of nitrogens with one attached hydrogen (secondary N) is 2. The fourth-order valence-corrected chi connectivity index (χ4v) is 4.03. The molecule has 0 radical (unpaired) electrons. The summed E-state index contributed by atoms with van der Waals surface area (Å²) < 4.78 is 27.2. The van der Waals surface area contributed by atoms with Crippen LogP contribution in [-0.2, 0) is 14.8 Å². The molecule has 1 aromatic carbocycles. The van der Waals surface area contributed by atoms with Gasteiger partial charge in [0.25, 0.3) is 0 Å². The molecule has 1 heterocycles. The summed E-state index contributed by atoms with van der Waals surface area (Å²) in [6.45, 7) is 0.603. The van der Waals surface area contributed by atoms with Crippen LogP contribution in [0.25, 0.3) is 0 Å². The average molecular weight is 333 g/mol. The second kappa shape index (κ2) is 5.38. The predicted molar refractivity (Wildman–Crippen MR) is 70.5 cm³/mol. The van der Waals surface area contributed by atoms with Crippen LogP contribution in [0.4, 0.5) is 0 Å². The van der Waals surface area contributed by atoms with Crippen LogP contribution in [0.1, 0.15) is 12.8 Å². The molecule has 0 aromatic heterocycles. The molecule has 2 N–H and O–H groups in total. The van der Waals surface area contributed by atoms with E-state index in [-0.39, 0.29) is 10.8 Å². The van der Waals surface area contributed by atoms with Crippen molar-refractivity contribution in [2.45, 2.75) is 23.8 Å². The summed E-state index contributed by atoms with van der Waals surface area (Å²) in [5.41, 5.74) is 0. The molecule has 1 fully saturated rings. The Bertz CT molecular complexity index is 559. The monoisotopic (exact) mass is 332 g/mol. The summed E-state index contributed by atoms with van der Waals surface area (Å²) in [4.78, 5) is 11.7. The molecule has 2 rings (SSSR count). The fraction of sp³-hybridized carbons (Fsp3) is 0.364. The molecule has 98 valence electrons. The van der Waals surface area contributed by atoms with E-state index in [0.29, 0.717) is 17.4 Å². The molecule has 1 atom stereocenters. The normalized spacial score (nSPS) is 20.5. The second-order valence-corrected chi connectivity index (χ2v) is 6.57. The number of piperidine rings is 1. The van der Waals surface area contributed by atoms with Crippen molar-refractivity contribution < 1.29 is 13.2 Å². The zero-order valence-electron chi connectivity index (χ0n) is 9.52. The van der Waals surface area contributed by atoms with Crippen molar-refractivity contribution in [1.82, 2.24) is 10.0 Å².